The molecular formula is C19H23N3O2. The molecule has 0 spiro atoms. The largest absolute Gasteiger partial charge is 0.369 e. The smallest absolute Gasteiger partial charge is 0.234 e. The van der Waals surface area contributed by atoms with Crippen LogP contribution in [0.5, 0.6) is 0 Å². The van der Waals surface area contributed by atoms with Crippen LogP contribution >= 0.6 is 0 Å². The third-order valence-corrected chi connectivity index (χ3v) is 5.43. The van der Waals surface area contributed by atoms with E-state index in [1.165, 1.54) is 10.6 Å². The van der Waals surface area contributed by atoms with Crippen molar-refractivity contribution in [3.8, 4) is 0 Å². The van der Waals surface area contributed by atoms with E-state index in [2.05, 4.69) is 34.1 Å². The number of amides is 2. The number of nitrogens with zero attached hydrogens (tertiary/aromatic N) is 3. The van der Waals surface area contributed by atoms with E-state index in [1.807, 2.05) is 18.2 Å². The number of imide groups is 1. The first kappa shape index (κ1) is 15.4. The highest BCUT2D eigenvalue weighted by Crippen LogP contribution is 2.35. The molecule has 5 nitrogen and oxygen atoms in total. The Bertz CT molecular complexity index is 624. The highest BCUT2D eigenvalue weighted by atomic mass is 16.2. The Morgan fingerprint density at radius 3 is 2.00 bits per heavy atom. The van der Waals surface area contributed by atoms with Gasteiger partial charge < -0.3 is 4.90 Å². The van der Waals surface area contributed by atoms with E-state index in [9.17, 15) is 9.59 Å². The van der Waals surface area contributed by atoms with E-state index in [1.54, 1.807) is 0 Å². The molecule has 3 aliphatic rings. The Balaban J connectivity index is 1.36. The van der Waals surface area contributed by atoms with E-state index in [4.69, 9.17) is 0 Å². The van der Waals surface area contributed by atoms with E-state index < -0.39 is 0 Å². The molecule has 2 atom stereocenters. The summed E-state index contributed by atoms with van der Waals surface area (Å²) >= 11 is 0. The van der Waals surface area contributed by atoms with Crippen molar-refractivity contribution in [2.75, 3.05) is 37.7 Å². The highest BCUT2D eigenvalue weighted by Gasteiger charge is 2.47. The van der Waals surface area contributed by atoms with Crippen LogP contribution in [0.3, 0.4) is 0 Å². The minimum Gasteiger partial charge on any atom is -0.369 e. The van der Waals surface area contributed by atoms with Crippen LogP contribution in [0.15, 0.2) is 42.5 Å². The van der Waals surface area contributed by atoms with Crippen LogP contribution in [0, 0.1) is 11.8 Å². The Morgan fingerprint density at radius 1 is 0.833 bits per heavy atom. The molecule has 2 saturated heterocycles. The Morgan fingerprint density at radius 2 is 1.42 bits per heavy atom. The number of allylic oxidation sites excluding steroid dienone is 2. The molecule has 0 bridgehead atoms. The maximum atomic E-state index is 12.5. The molecule has 2 amide bonds. The number of fused-ring (bicyclic) bond motifs is 1. The Hall–Kier alpha value is -2.14. The van der Waals surface area contributed by atoms with Gasteiger partial charge in [-0.3, -0.25) is 19.4 Å². The molecule has 0 N–H and O–H groups in total. The maximum absolute atomic E-state index is 12.5. The molecule has 5 heteroatoms. The third-order valence-electron chi connectivity index (χ3n) is 5.43. The lowest BCUT2D eigenvalue weighted by Crippen LogP contribution is -2.51. The van der Waals surface area contributed by atoms with Crippen molar-refractivity contribution in [2.45, 2.75) is 12.8 Å². The van der Waals surface area contributed by atoms with Gasteiger partial charge in [-0.15, -0.1) is 0 Å². The number of benzene rings is 1. The summed E-state index contributed by atoms with van der Waals surface area (Å²) in [5, 5.41) is 0. The van der Waals surface area contributed by atoms with Crippen LogP contribution in [0.2, 0.25) is 0 Å². The molecule has 24 heavy (non-hydrogen) atoms. The number of para-hydroxylation sites is 1. The van der Waals surface area contributed by atoms with E-state index in [-0.39, 0.29) is 23.7 Å². The lowest BCUT2D eigenvalue weighted by Gasteiger charge is -2.37. The van der Waals surface area contributed by atoms with Crippen LogP contribution in [-0.4, -0.2) is 54.5 Å². The zero-order valence-electron chi connectivity index (χ0n) is 13.8. The Kier molecular flexibility index (Phi) is 4.10. The summed E-state index contributed by atoms with van der Waals surface area (Å²) in [6.07, 6.45) is 5.50. The summed E-state index contributed by atoms with van der Waals surface area (Å²) in [5.41, 5.74) is 1.24. The fourth-order valence-electron chi connectivity index (χ4n) is 3.99. The quantitative estimate of drug-likeness (QED) is 0.627. The number of hydrogen-bond acceptors (Lipinski definition) is 4. The van der Waals surface area contributed by atoms with Crippen LogP contribution in [0.4, 0.5) is 5.69 Å². The van der Waals surface area contributed by atoms with Gasteiger partial charge in [-0.05, 0) is 25.0 Å². The summed E-state index contributed by atoms with van der Waals surface area (Å²) in [5.74, 6) is -0.180. The summed E-state index contributed by atoms with van der Waals surface area (Å²) in [6.45, 7) is 4.05. The lowest BCUT2D eigenvalue weighted by molar-refractivity contribution is -0.142. The maximum Gasteiger partial charge on any atom is 0.234 e. The second-order valence-corrected chi connectivity index (χ2v) is 6.84. The van der Waals surface area contributed by atoms with Crippen molar-refractivity contribution >= 4 is 17.5 Å². The first-order valence-corrected chi connectivity index (χ1v) is 8.76. The molecule has 0 saturated carbocycles. The van der Waals surface area contributed by atoms with Crippen LogP contribution in [0.25, 0.3) is 0 Å². The van der Waals surface area contributed by atoms with E-state index in [0.29, 0.717) is 19.5 Å². The minimum atomic E-state index is -0.117. The standard InChI is InChI=1S/C19H23N3O2/c23-18-16-8-4-5-9-17(16)19(24)22(18)14-20-10-12-21(13-11-20)15-6-2-1-3-7-15/h1-7,16-17H,8-14H2/t16-,17-/m1/s1. The third kappa shape index (κ3) is 2.73. The summed E-state index contributed by atoms with van der Waals surface area (Å²) in [7, 11) is 0. The van der Waals surface area contributed by atoms with Crippen molar-refractivity contribution in [3.05, 3.63) is 42.5 Å². The van der Waals surface area contributed by atoms with Crippen LogP contribution in [-0.2, 0) is 9.59 Å². The zero-order valence-corrected chi connectivity index (χ0v) is 13.8. The number of anilines is 1. The van der Waals surface area contributed by atoms with Gasteiger partial charge >= 0.3 is 0 Å². The zero-order chi connectivity index (χ0) is 16.5. The lowest BCUT2D eigenvalue weighted by atomic mass is 9.85. The fourth-order valence-corrected chi connectivity index (χ4v) is 3.99. The first-order chi connectivity index (χ1) is 11.7. The topological polar surface area (TPSA) is 43.9 Å². The average Bonchev–Trinajstić information content (AvgIpc) is 2.88. The van der Waals surface area contributed by atoms with Crippen molar-refractivity contribution in [1.82, 2.24) is 9.80 Å². The molecule has 2 fully saturated rings. The Labute approximate surface area is 142 Å². The SMILES string of the molecule is O=C1[C@@H]2CC=CC[C@H]2C(=O)N1CN1CCN(c2ccccc2)CC1. The minimum absolute atomic E-state index is 0.0276. The normalized spacial score (nSPS) is 27.7. The molecule has 4 rings (SSSR count). The molecule has 126 valence electrons. The molecule has 0 aromatic heterocycles. The number of hydrogen-bond donors (Lipinski definition) is 0. The molecule has 2 heterocycles. The van der Waals surface area contributed by atoms with E-state index in [0.717, 1.165) is 26.2 Å². The average molecular weight is 325 g/mol. The second kappa shape index (κ2) is 6.40. The van der Waals surface area contributed by atoms with Gasteiger partial charge in [-0.25, -0.2) is 0 Å². The summed E-state index contributed by atoms with van der Waals surface area (Å²) in [4.78, 5) is 31.2. The predicted molar refractivity (Wildman–Crippen MR) is 92.3 cm³/mol. The van der Waals surface area contributed by atoms with E-state index >= 15 is 0 Å². The fraction of sp³-hybridized carbons (Fsp3) is 0.474. The molecule has 2 aliphatic heterocycles. The van der Waals surface area contributed by atoms with Gasteiger partial charge in [-0.1, -0.05) is 30.4 Å². The van der Waals surface area contributed by atoms with Gasteiger partial charge in [0.05, 0.1) is 18.5 Å². The number of piperazine rings is 1. The van der Waals surface area contributed by atoms with Gasteiger partial charge in [0.25, 0.3) is 0 Å². The number of carbonyl (C=O) groups is 2. The molecule has 1 aromatic carbocycles. The molecule has 0 radical (unpaired) electrons. The summed E-state index contributed by atoms with van der Waals surface area (Å²) < 4.78 is 0. The van der Waals surface area contributed by atoms with Gasteiger partial charge in [0.1, 0.15) is 0 Å². The number of carbonyl (C=O) groups excluding carboxylic acids is 2. The van der Waals surface area contributed by atoms with Crippen LogP contribution < -0.4 is 4.90 Å². The highest BCUT2D eigenvalue weighted by molar-refractivity contribution is 6.05. The predicted octanol–water partition coefficient (Wildman–Crippen LogP) is 1.72. The molecule has 1 aromatic rings. The van der Waals surface area contributed by atoms with Crippen molar-refractivity contribution in [2.24, 2.45) is 11.8 Å². The molecule has 0 unspecified atom stereocenters. The van der Waals surface area contributed by atoms with Crippen molar-refractivity contribution in [1.29, 1.82) is 0 Å². The number of likely N-dealkylation sites (tertiary alicyclic amines) is 1. The second-order valence-electron chi connectivity index (χ2n) is 6.84. The van der Waals surface area contributed by atoms with Gasteiger partial charge in [-0.2, -0.15) is 0 Å². The van der Waals surface area contributed by atoms with Crippen LogP contribution in [0.1, 0.15) is 12.8 Å². The number of rotatable bonds is 3. The first-order valence-electron chi connectivity index (χ1n) is 8.76. The van der Waals surface area contributed by atoms with Crippen molar-refractivity contribution < 1.29 is 9.59 Å². The summed E-state index contributed by atoms with van der Waals surface area (Å²) in [6, 6.07) is 10.4. The molecule has 1 aliphatic carbocycles. The van der Waals surface area contributed by atoms with Crippen molar-refractivity contribution in [3.63, 3.8) is 0 Å². The van der Waals surface area contributed by atoms with Gasteiger partial charge in [0.15, 0.2) is 0 Å². The monoisotopic (exact) mass is 325 g/mol. The molecular weight excluding hydrogens is 302 g/mol. The van der Waals surface area contributed by atoms with Gasteiger partial charge in [0.2, 0.25) is 11.8 Å². The van der Waals surface area contributed by atoms with Gasteiger partial charge in [0, 0.05) is 31.9 Å².